The maximum Gasteiger partial charge on any atom is 0.166 e. The molecule has 27 heavy (non-hydrogen) atoms. The number of fused-ring (bicyclic) bond motifs is 1. The van der Waals surface area contributed by atoms with Crippen LogP contribution in [0.4, 0.5) is 16.0 Å². The molecule has 0 aliphatic carbocycles. The van der Waals surface area contributed by atoms with Crippen LogP contribution in [0.15, 0.2) is 48.7 Å². The summed E-state index contributed by atoms with van der Waals surface area (Å²) in [5, 5.41) is 11.2. The smallest absolute Gasteiger partial charge is 0.166 e. The van der Waals surface area contributed by atoms with Crippen LogP contribution in [-0.4, -0.2) is 32.3 Å². The minimum atomic E-state index is -0.628. The van der Waals surface area contributed by atoms with E-state index in [0.29, 0.717) is 23.2 Å². The lowest BCUT2D eigenvalue weighted by Crippen LogP contribution is -2.12. The first-order valence-corrected chi connectivity index (χ1v) is 8.34. The summed E-state index contributed by atoms with van der Waals surface area (Å²) < 4.78 is 18.8. The molecule has 0 amide bonds. The molecule has 136 valence electrons. The van der Waals surface area contributed by atoms with E-state index >= 15 is 0 Å². The Bertz CT molecular complexity index is 1080. The maximum atomic E-state index is 13.2. The summed E-state index contributed by atoms with van der Waals surface area (Å²) >= 11 is 0. The number of para-hydroxylation sites is 1. The van der Waals surface area contributed by atoms with Crippen molar-refractivity contribution in [2.45, 2.75) is 13.0 Å². The highest BCUT2D eigenvalue weighted by atomic mass is 19.1. The number of hydrogen-bond donors (Lipinski definition) is 2. The van der Waals surface area contributed by atoms with Gasteiger partial charge < -0.3 is 10.1 Å². The number of pyridine rings is 1. The molecule has 0 saturated heterocycles. The first kappa shape index (κ1) is 17.0. The molecule has 7 nitrogen and oxygen atoms in total. The number of benzene rings is 1. The second kappa shape index (κ2) is 7.08. The topological polar surface area (TPSA) is 88.6 Å². The molecule has 0 spiro atoms. The molecule has 0 saturated carbocycles. The predicted molar refractivity (Wildman–Crippen MR) is 99.2 cm³/mol. The van der Waals surface area contributed by atoms with Crippen molar-refractivity contribution in [3.8, 4) is 0 Å². The van der Waals surface area contributed by atoms with Gasteiger partial charge in [-0.1, -0.05) is 12.1 Å². The minimum absolute atomic E-state index is 0.413. The molecule has 8 heteroatoms. The van der Waals surface area contributed by atoms with Crippen molar-refractivity contribution < 1.29 is 9.13 Å². The first-order chi connectivity index (χ1) is 13.1. The number of halogens is 1. The third kappa shape index (κ3) is 3.47. The molecule has 0 bridgehead atoms. The van der Waals surface area contributed by atoms with Crippen molar-refractivity contribution >= 4 is 22.5 Å². The lowest BCUT2D eigenvalue weighted by Gasteiger charge is -2.16. The minimum Gasteiger partial charge on any atom is -0.367 e. The third-order valence-electron chi connectivity index (χ3n) is 4.06. The number of aryl methyl sites for hydroxylation is 1. The Morgan fingerprint density at radius 1 is 1.15 bits per heavy atom. The maximum absolute atomic E-state index is 13.2. The Labute approximate surface area is 154 Å². The molecule has 0 aliphatic heterocycles. The Morgan fingerprint density at radius 2 is 2.00 bits per heavy atom. The average Bonchev–Trinajstić information content (AvgIpc) is 3.09. The van der Waals surface area contributed by atoms with E-state index in [1.807, 2.05) is 37.3 Å². The number of anilines is 2. The largest absolute Gasteiger partial charge is 0.367 e. The number of nitrogens with zero attached hydrogens (tertiary/aromatic N) is 4. The molecule has 1 unspecified atom stereocenters. The van der Waals surface area contributed by atoms with Gasteiger partial charge in [0.15, 0.2) is 17.7 Å². The van der Waals surface area contributed by atoms with Crippen molar-refractivity contribution in [3.05, 3.63) is 71.7 Å². The van der Waals surface area contributed by atoms with E-state index in [0.717, 1.165) is 22.8 Å². The normalized spacial score (nSPS) is 12.3. The van der Waals surface area contributed by atoms with Crippen molar-refractivity contribution in [1.29, 1.82) is 0 Å². The number of aromatic amines is 1. The van der Waals surface area contributed by atoms with Gasteiger partial charge in [0.25, 0.3) is 0 Å². The summed E-state index contributed by atoms with van der Waals surface area (Å²) in [6.07, 6.45) is 0.519. The molecule has 0 aliphatic rings. The number of aromatic nitrogens is 5. The standard InChI is InChI=1S/C19H17FN6O/c1-11-9-16(26-25-11)23-18-13-5-3-4-6-14(13)22-19(24-18)17(27-2)15-8-7-12(20)10-21-15/h3-10,17H,1-2H3,(H2,22,23,24,25,26). The number of rotatable bonds is 5. The summed E-state index contributed by atoms with van der Waals surface area (Å²) in [6.45, 7) is 1.92. The molecule has 1 atom stereocenters. The summed E-state index contributed by atoms with van der Waals surface area (Å²) in [5.41, 5.74) is 2.21. The number of ether oxygens (including phenoxy) is 1. The van der Waals surface area contributed by atoms with Crippen molar-refractivity contribution in [2.24, 2.45) is 0 Å². The molecule has 3 heterocycles. The molecule has 2 N–H and O–H groups in total. The second-order valence-electron chi connectivity index (χ2n) is 6.03. The van der Waals surface area contributed by atoms with Crippen LogP contribution in [0, 0.1) is 12.7 Å². The highest BCUT2D eigenvalue weighted by Crippen LogP contribution is 2.28. The van der Waals surface area contributed by atoms with Gasteiger partial charge >= 0.3 is 0 Å². The quantitative estimate of drug-likeness (QED) is 0.562. The summed E-state index contributed by atoms with van der Waals surface area (Å²) in [6, 6.07) is 12.4. The van der Waals surface area contributed by atoms with E-state index in [2.05, 4.69) is 30.5 Å². The number of nitrogens with one attached hydrogen (secondary N) is 2. The van der Waals surface area contributed by atoms with Crippen LogP contribution in [0.5, 0.6) is 0 Å². The van der Waals surface area contributed by atoms with E-state index in [-0.39, 0.29) is 0 Å². The Balaban J connectivity index is 1.81. The summed E-state index contributed by atoms with van der Waals surface area (Å²) in [5.74, 6) is 1.26. The van der Waals surface area contributed by atoms with E-state index in [1.165, 1.54) is 6.07 Å². The fraction of sp³-hybridized carbons (Fsp3) is 0.158. The predicted octanol–water partition coefficient (Wildman–Crippen LogP) is 3.67. The average molecular weight is 364 g/mol. The van der Waals surface area contributed by atoms with Crippen LogP contribution in [0.3, 0.4) is 0 Å². The lowest BCUT2D eigenvalue weighted by atomic mass is 10.2. The Morgan fingerprint density at radius 3 is 2.70 bits per heavy atom. The lowest BCUT2D eigenvalue weighted by molar-refractivity contribution is 0.126. The van der Waals surface area contributed by atoms with Gasteiger partial charge in [-0.05, 0) is 31.2 Å². The van der Waals surface area contributed by atoms with Crippen LogP contribution in [-0.2, 0) is 4.74 Å². The van der Waals surface area contributed by atoms with Gasteiger partial charge in [-0.15, -0.1) is 0 Å². The molecular weight excluding hydrogens is 347 g/mol. The zero-order chi connectivity index (χ0) is 18.8. The van der Waals surface area contributed by atoms with Crippen LogP contribution in [0.25, 0.3) is 10.9 Å². The molecule has 4 rings (SSSR count). The van der Waals surface area contributed by atoms with Crippen LogP contribution in [0.1, 0.15) is 23.3 Å². The van der Waals surface area contributed by atoms with E-state index < -0.39 is 11.9 Å². The molecule has 4 aromatic rings. The van der Waals surface area contributed by atoms with Crippen LogP contribution in [0.2, 0.25) is 0 Å². The molecule has 0 radical (unpaired) electrons. The fourth-order valence-electron chi connectivity index (χ4n) is 2.81. The van der Waals surface area contributed by atoms with E-state index in [9.17, 15) is 4.39 Å². The second-order valence-corrected chi connectivity index (χ2v) is 6.03. The van der Waals surface area contributed by atoms with Gasteiger partial charge in [0.2, 0.25) is 0 Å². The monoisotopic (exact) mass is 364 g/mol. The third-order valence-corrected chi connectivity index (χ3v) is 4.06. The van der Waals surface area contributed by atoms with Gasteiger partial charge in [0, 0.05) is 24.3 Å². The number of methoxy groups -OCH3 is 1. The Kier molecular flexibility index (Phi) is 4.47. The molecule has 3 aromatic heterocycles. The van der Waals surface area contributed by atoms with Gasteiger partial charge in [0.05, 0.1) is 17.4 Å². The van der Waals surface area contributed by atoms with E-state index in [4.69, 9.17) is 4.74 Å². The Hall–Kier alpha value is -3.39. The van der Waals surface area contributed by atoms with Crippen molar-refractivity contribution in [2.75, 3.05) is 12.4 Å². The molecular formula is C19H17FN6O. The number of hydrogen-bond acceptors (Lipinski definition) is 6. The fourth-order valence-corrected chi connectivity index (χ4v) is 2.81. The number of H-pyrrole nitrogens is 1. The SMILES string of the molecule is COC(c1ccc(F)cn1)c1nc(Nc2cc(C)[nH]n2)c2ccccc2n1. The highest BCUT2D eigenvalue weighted by Gasteiger charge is 2.20. The van der Waals surface area contributed by atoms with Crippen molar-refractivity contribution in [3.63, 3.8) is 0 Å². The van der Waals surface area contributed by atoms with Gasteiger partial charge in [-0.3, -0.25) is 10.1 Å². The zero-order valence-corrected chi connectivity index (χ0v) is 14.8. The molecule has 1 aromatic carbocycles. The highest BCUT2D eigenvalue weighted by molar-refractivity contribution is 5.90. The van der Waals surface area contributed by atoms with Gasteiger partial charge in [-0.2, -0.15) is 5.10 Å². The summed E-state index contributed by atoms with van der Waals surface area (Å²) in [7, 11) is 1.54. The van der Waals surface area contributed by atoms with Crippen LogP contribution < -0.4 is 5.32 Å². The zero-order valence-electron chi connectivity index (χ0n) is 14.8. The first-order valence-electron chi connectivity index (χ1n) is 8.34. The molecule has 0 fully saturated rings. The van der Waals surface area contributed by atoms with Gasteiger partial charge in [0.1, 0.15) is 11.6 Å². The van der Waals surface area contributed by atoms with Crippen molar-refractivity contribution in [1.82, 2.24) is 25.1 Å². The van der Waals surface area contributed by atoms with E-state index in [1.54, 1.807) is 13.2 Å². The van der Waals surface area contributed by atoms with Gasteiger partial charge in [-0.25, -0.2) is 14.4 Å². The summed E-state index contributed by atoms with van der Waals surface area (Å²) in [4.78, 5) is 13.4. The van der Waals surface area contributed by atoms with Crippen LogP contribution >= 0.6 is 0 Å².